The van der Waals surface area contributed by atoms with Crippen LogP contribution in [-0.2, 0) is 10.0 Å². The first-order valence-corrected chi connectivity index (χ1v) is 11.0. The number of hydrogen-bond acceptors (Lipinski definition) is 4. The first-order chi connectivity index (χ1) is 14.3. The molecular formula is C23H24N2O4S. The Hall–Kier alpha value is -3.32. The predicted octanol–water partition coefficient (Wildman–Crippen LogP) is 4.76. The Bertz CT molecular complexity index is 1160. The van der Waals surface area contributed by atoms with Gasteiger partial charge in [-0.2, -0.15) is 0 Å². The minimum absolute atomic E-state index is 0.170. The van der Waals surface area contributed by atoms with Crippen molar-refractivity contribution in [2.75, 3.05) is 16.6 Å². The number of carbonyl (C=O) groups excluding carboxylic acids is 1. The Labute approximate surface area is 177 Å². The topological polar surface area (TPSA) is 84.5 Å². The maximum Gasteiger partial charge on any atom is 0.261 e. The number of hydrogen-bond donors (Lipinski definition) is 2. The van der Waals surface area contributed by atoms with E-state index in [0.29, 0.717) is 23.5 Å². The van der Waals surface area contributed by atoms with Gasteiger partial charge in [0.15, 0.2) is 0 Å². The summed E-state index contributed by atoms with van der Waals surface area (Å²) in [6.07, 6.45) is 0. The van der Waals surface area contributed by atoms with E-state index in [4.69, 9.17) is 4.74 Å². The number of amides is 1. The van der Waals surface area contributed by atoms with Gasteiger partial charge >= 0.3 is 0 Å². The summed E-state index contributed by atoms with van der Waals surface area (Å²) < 4.78 is 33.3. The highest BCUT2D eigenvalue weighted by Gasteiger charge is 2.16. The lowest BCUT2D eigenvalue weighted by atomic mass is 10.1. The van der Waals surface area contributed by atoms with Crippen LogP contribution in [0.15, 0.2) is 71.6 Å². The molecule has 0 aliphatic carbocycles. The molecule has 1 amide bonds. The Morgan fingerprint density at radius 3 is 2.33 bits per heavy atom. The van der Waals surface area contributed by atoms with E-state index in [9.17, 15) is 13.2 Å². The summed E-state index contributed by atoms with van der Waals surface area (Å²) in [5, 5.41) is 2.82. The largest absolute Gasteiger partial charge is 0.494 e. The SMILES string of the molecule is CCOc1ccc(C(=O)Nc2ccc(C)c(NS(=O)(=O)c3ccccc3)c2)cc1C. The van der Waals surface area contributed by atoms with Crippen molar-refractivity contribution >= 4 is 27.3 Å². The zero-order valence-corrected chi connectivity index (χ0v) is 17.9. The molecule has 0 fully saturated rings. The summed E-state index contributed by atoms with van der Waals surface area (Å²) >= 11 is 0. The smallest absolute Gasteiger partial charge is 0.261 e. The van der Waals surface area contributed by atoms with Crippen LogP contribution in [0.5, 0.6) is 5.75 Å². The Balaban J connectivity index is 1.80. The summed E-state index contributed by atoms with van der Waals surface area (Å²) in [7, 11) is -3.73. The third-order valence-electron chi connectivity index (χ3n) is 4.53. The van der Waals surface area contributed by atoms with Crippen molar-refractivity contribution in [2.45, 2.75) is 25.7 Å². The van der Waals surface area contributed by atoms with Gasteiger partial charge in [-0.3, -0.25) is 9.52 Å². The molecule has 156 valence electrons. The molecule has 0 aliphatic heterocycles. The lowest BCUT2D eigenvalue weighted by Gasteiger charge is -2.13. The van der Waals surface area contributed by atoms with Crippen molar-refractivity contribution in [1.29, 1.82) is 0 Å². The number of carbonyl (C=O) groups is 1. The Morgan fingerprint density at radius 2 is 1.67 bits per heavy atom. The van der Waals surface area contributed by atoms with E-state index in [1.165, 1.54) is 12.1 Å². The molecule has 2 N–H and O–H groups in total. The number of nitrogens with one attached hydrogen (secondary N) is 2. The van der Waals surface area contributed by atoms with Gasteiger partial charge in [0.05, 0.1) is 17.2 Å². The summed E-state index contributed by atoms with van der Waals surface area (Å²) in [6.45, 7) is 6.13. The number of anilines is 2. The number of aryl methyl sites for hydroxylation is 2. The number of benzene rings is 3. The molecular weight excluding hydrogens is 400 g/mol. The van der Waals surface area contributed by atoms with Gasteiger partial charge in [-0.1, -0.05) is 24.3 Å². The molecule has 0 unspecified atom stereocenters. The molecule has 30 heavy (non-hydrogen) atoms. The zero-order valence-electron chi connectivity index (χ0n) is 17.1. The standard InChI is InChI=1S/C23H24N2O4S/c1-4-29-22-13-11-18(14-17(22)3)23(26)24-19-12-10-16(2)21(15-19)25-30(27,28)20-8-6-5-7-9-20/h5-15,25H,4H2,1-3H3,(H,24,26). The van der Waals surface area contributed by atoms with Crippen LogP contribution in [0.2, 0.25) is 0 Å². The van der Waals surface area contributed by atoms with Crippen LogP contribution >= 0.6 is 0 Å². The van der Waals surface area contributed by atoms with E-state index in [1.54, 1.807) is 61.5 Å². The van der Waals surface area contributed by atoms with E-state index >= 15 is 0 Å². The summed E-state index contributed by atoms with van der Waals surface area (Å²) in [5.74, 6) is 0.448. The average molecular weight is 425 g/mol. The molecule has 0 spiro atoms. The monoisotopic (exact) mass is 424 g/mol. The Morgan fingerprint density at radius 1 is 0.933 bits per heavy atom. The van der Waals surface area contributed by atoms with E-state index in [2.05, 4.69) is 10.0 Å². The summed E-state index contributed by atoms with van der Waals surface area (Å²) in [6, 6.07) is 18.4. The van der Waals surface area contributed by atoms with Gasteiger partial charge in [0.1, 0.15) is 5.75 Å². The van der Waals surface area contributed by atoms with Gasteiger partial charge < -0.3 is 10.1 Å². The first-order valence-electron chi connectivity index (χ1n) is 9.53. The zero-order chi connectivity index (χ0) is 21.7. The van der Waals surface area contributed by atoms with Crippen LogP contribution in [0, 0.1) is 13.8 Å². The third kappa shape index (κ3) is 4.99. The molecule has 6 nitrogen and oxygen atoms in total. The molecule has 7 heteroatoms. The van der Waals surface area contributed by atoms with E-state index < -0.39 is 10.0 Å². The molecule has 0 atom stereocenters. The molecule has 3 aromatic carbocycles. The lowest BCUT2D eigenvalue weighted by molar-refractivity contribution is 0.102. The minimum Gasteiger partial charge on any atom is -0.494 e. The highest BCUT2D eigenvalue weighted by molar-refractivity contribution is 7.92. The quantitative estimate of drug-likeness (QED) is 0.573. The fourth-order valence-corrected chi connectivity index (χ4v) is 4.07. The van der Waals surface area contributed by atoms with Crippen LogP contribution in [0.1, 0.15) is 28.4 Å². The second-order valence-electron chi connectivity index (χ2n) is 6.82. The average Bonchev–Trinajstić information content (AvgIpc) is 2.72. The first kappa shape index (κ1) is 21.4. The highest BCUT2D eigenvalue weighted by Crippen LogP contribution is 2.25. The maximum absolute atomic E-state index is 12.6. The normalized spacial score (nSPS) is 11.0. The van der Waals surface area contributed by atoms with Gasteiger partial charge in [0.2, 0.25) is 0 Å². The fourth-order valence-electron chi connectivity index (χ4n) is 2.92. The predicted molar refractivity (Wildman–Crippen MR) is 119 cm³/mol. The lowest BCUT2D eigenvalue weighted by Crippen LogP contribution is -2.15. The molecule has 0 bridgehead atoms. The summed E-state index contributed by atoms with van der Waals surface area (Å²) in [4.78, 5) is 12.8. The molecule has 0 radical (unpaired) electrons. The van der Waals surface area contributed by atoms with Crippen LogP contribution in [0.3, 0.4) is 0 Å². The van der Waals surface area contributed by atoms with Crippen molar-refractivity contribution < 1.29 is 17.9 Å². The van der Waals surface area contributed by atoms with Gasteiger partial charge in [0, 0.05) is 11.3 Å². The van der Waals surface area contributed by atoms with Gasteiger partial charge in [-0.05, 0) is 74.4 Å². The van der Waals surface area contributed by atoms with Crippen LogP contribution in [0.25, 0.3) is 0 Å². The number of ether oxygens (including phenoxy) is 1. The molecule has 0 heterocycles. The van der Waals surface area contributed by atoms with E-state index in [-0.39, 0.29) is 10.8 Å². The molecule has 0 aliphatic rings. The number of rotatable bonds is 7. The second kappa shape index (κ2) is 9.00. The summed E-state index contributed by atoms with van der Waals surface area (Å²) in [5.41, 5.74) is 2.99. The van der Waals surface area contributed by atoms with E-state index in [1.807, 2.05) is 13.8 Å². The van der Waals surface area contributed by atoms with Crippen LogP contribution in [0.4, 0.5) is 11.4 Å². The van der Waals surface area contributed by atoms with Gasteiger partial charge in [-0.25, -0.2) is 8.42 Å². The van der Waals surface area contributed by atoms with Crippen molar-refractivity contribution in [3.63, 3.8) is 0 Å². The molecule has 3 aromatic rings. The fraction of sp³-hybridized carbons (Fsp3) is 0.174. The number of sulfonamides is 1. The van der Waals surface area contributed by atoms with Crippen molar-refractivity contribution in [1.82, 2.24) is 0 Å². The molecule has 0 saturated carbocycles. The van der Waals surface area contributed by atoms with Crippen LogP contribution in [-0.4, -0.2) is 20.9 Å². The minimum atomic E-state index is -3.73. The Kier molecular flexibility index (Phi) is 6.42. The van der Waals surface area contributed by atoms with Crippen molar-refractivity contribution in [2.24, 2.45) is 0 Å². The molecule has 3 rings (SSSR count). The van der Waals surface area contributed by atoms with Crippen LogP contribution < -0.4 is 14.8 Å². The highest BCUT2D eigenvalue weighted by atomic mass is 32.2. The molecule has 0 saturated heterocycles. The van der Waals surface area contributed by atoms with Crippen molar-refractivity contribution in [3.05, 3.63) is 83.4 Å². The second-order valence-corrected chi connectivity index (χ2v) is 8.50. The van der Waals surface area contributed by atoms with Gasteiger partial charge in [-0.15, -0.1) is 0 Å². The van der Waals surface area contributed by atoms with Gasteiger partial charge in [0.25, 0.3) is 15.9 Å². The maximum atomic E-state index is 12.6. The third-order valence-corrected chi connectivity index (χ3v) is 5.91. The molecule has 0 aromatic heterocycles. The van der Waals surface area contributed by atoms with Crippen molar-refractivity contribution in [3.8, 4) is 5.75 Å². The van der Waals surface area contributed by atoms with E-state index in [0.717, 1.165) is 16.9 Å².